The lowest BCUT2D eigenvalue weighted by molar-refractivity contribution is 0.126. The second kappa shape index (κ2) is 3.63. The number of halogens is 2. The van der Waals surface area contributed by atoms with E-state index in [0.29, 0.717) is 12.1 Å². The topological polar surface area (TPSA) is 38.0 Å². The lowest BCUT2D eigenvalue weighted by atomic mass is 9.65. The van der Waals surface area contributed by atoms with Gasteiger partial charge in [-0.05, 0) is 36.1 Å². The molecule has 2 atom stereocenters. The summed E-state index contributed by atoms with van der Waals surface area (Å²) >= 11 is 4.99. The molecule has 1 spiro atoms. The largest absolute Gasteiger partial charge is 0.399 e. The van der Waals surface area contributed by atoms with E-state index in [9.17, 15) is 8.78 Å². The molecule has 5 heteroatoms. The third-order valence-corrected chi connectivity index (χ3v) is 4.53. The summed E-state index contributed by atoms with van der Waals surface area (Å²) in [7, 11) is 0. The lowest BCUT2D eigenvalue weighted by Gasteiger charge is -2.51. The zero-order chi connectivity index (χ0) is 13.0. The van der Waals surface area contributed by atoms with Gasteiger partial charge >= 0.3 is 0 Å². The Labute approximate surface area is 110 Å². The van der Waals surface area contributed by atoms with E-state index in [4.69, 9.17) is 18.0 Å². The van der Waals surface area contributed by atoms with Gasteiger partial charge in [-0.25, -0.2) is 8.78 Å². The smallest absolute Gasteiger partial charge is 0.188 e. The van der Waals surface area contributed by atoms with Gasteiger partial charge < -0.3 is 11.1 Å². The zero-order valence-electron chi connectivity index (χ0n) is 9.80. The van der Waals surface area contributed by atoms with E-state index in [1.165, 1.54) is 5.56 Å². The first-order chi connectivity index (χ1) is 8.49. The van der Waals surface area contributed by atoms with Crippen LogP contribution in [0.25, 0.3) is 0 Å². The number of anilines is 1. The van der Waals surface area contributed by atoms with Gasteiger partial charge in [-0.1, -0.05) is 18.3 Å². The number of hydrogen-bond acceptors (Lipinski definition) is 2. The van der Waals surface area contributed by atoms with Crippen LogP contribution in [0.2, 0.25) is 0 Å². The van der Waals surface area contributed by atoms with Gasteiger partial charge in [0.2, 0.25) is 0 Å². The molecule has 2 aliphatic rings. The molecule has 1 heterocycles. The minimum absolute atomic E-state index is 0.00988. The van der Waals surface area contributed by atoms with Crippen LogP contribution in [0.15, 0.2) is 18.2 Å². The Hall–Kier alpha value is -1.23. The summed E-state index contributed by atoms with van der Waals surface area (Å²) in [4.78, 5) is -0.00988. The van der Waals surface area contributed by atoms with E-state index in [1.807, 2.05) is 18.2 Å². The highest BCUT2D eigenvalue weighted by molar-refractivity contribution is 7.80. The summed E-state index contributed by atoms with van der Waals surface area (Å²) in [6.07, 6.45) is 1.47. The summed E-state index contributed by atoms with van der Waals surface area (Å²) in [5, 5.41) is 3.02. The number of nitrogen functional groups attached to an aromatic ring is 1. The van der Waals surface area contributed by atoms with Crippen LogP contribution < -0.4 is 11.1 Å². The fourth-order valence-corrected chi connectivity index (χ4v) is 3.24. The number of nitrogens with two attached hydrogens (primary N) is 1. The predicted molar refractivity (Wildman–Crippen MR) is 71.0 cm³/mol. The SMILES string of the molecule is Nc1ccc2c(c1)[C@@]1(CC[C@](F)(CF)C(=S)N1)C2. The molecular weight excluding hydrogens is 254 g/mol. The van der Waals surface area contributed by atoms with Crippen molar-refractivity contribution < 1.29 is 8.78 Å². The molecule has 0 amide bonds. The highest BCUT2D eigenvalue weighted by Gasteiger charge is 2.52. The molecule has 0 unspecified atom stereocenters. The molecule has 0 radical (unpaired) electrons. The Morgan fingerprint density at radius 1 is 1.39 bits per heavy atom. The molecule has 1 fully saturated rings. The predicted octanol–water partition coefficient (Wildman–Crippen LogP) is 2.41. The van der Waals surface area contributed by atoms with Crippen molar-refractivity contribution in [2.45, 2.75) is 30.5 Å². The average Bonchev–Trinajstić information content (AvgIpc) is 2.35. The molecule has 0 aromatic heterocycles. The van der Waals surface area contributed by atoms with Crippen LogP contribution in [-0.2, 0) is 12.0 Å². The van der Waals surface area contributed by atoms with Gasteiger partial charge in [0, 0.05) is 12.1 Å². The van der Waals surface area contributed by atoms with E-state index < -0.39 is 12.3 Å². The van der Waals surface area contributed by atoms with Crippen LogP contribution in [0.1, 0.15) is 24.0 Å². The minimum Gasteiger partial charge on any atom is -0.399 e. The summed E-state index contributed by atoms with van der Waals surface area (Å²) in [5.41, 5.74) is 6.41. The first-order valence-corrected chi connectivity index (χ1v) is 6.36. The van der Waals surface area contributed by atoms with Gasteiger partial charge in [-0.3, -0.25) is 0 Å². The Balaban J connectivity index is 1.91. The fourth-order valence-electron chi connectivity index (χ4n) is 2.89. The van der Waals surface area contributed by atoms with Crippen molar-refractivity contribution in [2.75, 3.05) is 12.4 Å². The Morgan fingerprint density at radius 3 is 2.83 bits per heavy atom. The van der Waals surface area contributed by atoms with Crippen molar-refractivity contribution in [3.8, 4) is 0 Å². The van der Waals surface area contributed by atoms with E-state index >= 15 is 0 Å². The van der Waals surface area contributed by atoms with Crippen LogP contribution in [0.4, 0.5) is 14.5 Å². The number of alkyl halides is 2. The van der Waals surface area contributed by atoms with Crippen LogP contribution in [0.3, 0.4) is 0 Å². The zero-order valence-corrected chi connectivity index (χ0v) is 10.6. The van der Waals surface area contributed by atoms with Crippen LogP contribution in [-0.4, -0.2) is 17.3 Å². The van der Waals surface area contributed by atoms with Crippen molar-refractivity contribution in [3.63, 3.8) is 0 Å². The average molecular weight is 268 g/mol. The first kappa shape index (κ1) is 11.8. The van der Waals surface area contributed by atoms with Gasteiger partial charge in [0.1, 0.15) is 11.7 Å². The van der Waals surface area contributed by atoms with Crippen molar-refractivity contribution in [1.29, 1.82) is 0 Å². The monoisotopic (exact) mass is 268 g/mol. The van der Waals surface area contributed by atoms with Crippen LogP contribution in [0.5, 0.6) is 0 Å². The summed E-state index contributed by atoms with van der Waals surface area (Å²) in [6.45, 7) is -1.06. The maximum absolute atomic E-state index is 14.1. The Morgan fingerprint density at radius 2 is 2.17 bits per heavy atom. The first-order valence-electron chi connectivity index (χ1n) is 5.95. The van der Waals surface area contributed by atoms with Gasteiger partial charge in [0.05, 0.1) is 5.54 Å². The van der Waals surface area contributed by atoms with Crippen molar-refractivity contribution in [2.24, 2.45) is 0 Å². The second-order valence-corrected chi connectivity index (χ2v) is 5.64. The number of hydrogen-bond donors (Lipinski definition) is 2. The molecule has 1 aliphatic carbocycles. The van der Waals surface area contributed by atoms with Crippen molar-refractivity contribution >= 4 is 22.9 Å². The van der Waals surface area contributed by atoms with Gasteiger partial charge in [-0.2, -0.15) is 0 Å². The fraction of sp³-hybridized carbons (Fsp3) is 0.462. The second-order valence-electron chi connectivity index (χ2n) is 5.23. The Bertz CT molecular complexity index is 534. The quantitative estimate of drug-likeness (QED) is 0.607. The van der Waals surface area contributed by atoms with Crippen LogP contribution in [0, 0.1) is 0 Å². The Kier molecular flexibility index (Phi) is 2.39. The van der Waals surface area contributed by atoms with Gasteiger partial charge in [-0.15, -0.1) is 0 Å². The molecule has 3 N–H and O–H groups in total. The molecule has 1 aromatic rings. The number of thiocarbonyl (C=S) groups is 1. The number of rotatable bonds is 1. The maximum Gasteiger partial charge on any atom is 0.188 e. The van der Waals surface area contributed by atoms with E-state index in [0.717, 1.165) is 12.0 Å². The van der Waals surface area contributed by atoms with E-state index in [-0.39, 0.29) is 16.9 Å². The molecule has 3 rings (SSSR count). The number of nitrogens with one attached hydrogen (secondary N) is 1. The van der Waals surface area contributed by atoms with E-state index in [1.54, 1.807) is 0 Å². The third-order valence-electron chi connectivity index (χ3n) is 4.06. The molecule has 18 heavy (non-hydrogen) atoms. The molecule has 1 aliphatic heterocycles. The molecule has 1 saturated heterocycles. The van der Waals surface area contributed by atoms with E-state index in [2.05, 4.69) is 5.32 Å². The molecule has 96 valence electrons. The normalized spacial score (nSPS) is 33.8. The lowest BCUT2D eigenvalue weighted by Crippen LogP contribution is -2.62. The maximum atomic E-state index is 14.1. The van der Waals surface area contributed by atoms with Crippen molar-refractivity contribution in [1.82, 2.24) is 5.32 Å². The molecule has 0 bridgehead atoms. The summed E-state index contributed by atoms with van der Waals surface area (Å²) in [6, 6.07) is 5.73. The molecule has 2 nitrogen and oxygen atoms in total. The number of benzene rings is 1. The summed E-state index contributed by atoms with van der Waals surface area (Å²) < 4.78 is 26.8. The highest BCUT2D eigenvalue weighted by atomic mass is 32.1. The highest BCUT2D eigenvalue weighted by Crippen LogP contribution is 2.47. The standard InChI is InChI=1S/C13H14F2N2S/c14-7-12(15)3-4-13(17-11(12)18)6-8-1-2-9(16)5-10(8)13/h1-2,5H,3-4,6-7,16H2,(H,17,18)/t12-,13+/m0/s1. The third kappa shape index (κ3) is 1.46. The minimum atomic E-state index is -1.99. The molecule has 1 aromatic carbocycles. The van der Waals surface area contributed by atoms with Gasteiger partial charge in [0.15, 0.2) is 5.67 Å². The number of piperidine rings is 1. The molecule has 0 saturated carbocycles. The van der Waals surface area contributed by atoms with Crippen LogP contribution >= 0.6 is 12.2 Å². The summed E-state index contributed by atoms with van der Waals surface area (Å²) in [5.74, 6) is 0. The molecular formula is C13H14F2N2S. The van der Waals surface area contributed by atoms with Gasteiger partial charge in [0.25, 0.3) is 0 Å². The van der Waals surface area contributed by atoms with Crippen molar-refractivity contribution in [3.05, 3.63) is 29.3 Å². The number of fused-ring (bicyclic) bond motifs is 2.